The number of benzene rings is 3. The Kier molecular flexibility index (Phi) is 4.82. The lowest BCUT2D eigenvalue weighted by molar-refractivity contribution is 0.415. The minimum absolute atomic E-state index is 0.101. The molecule has 1 aliphatic rings. The van der Waals surface area contributed by atoms with Crippen LogP contribution in [0, 0.1) is 5.82 Å². The molecule has 0 radical (unpaired) electrons. The van der Waals surface area contributed by atoms with Crippen LogP contribution in [0.25, 0.3) is 0 Å². The van der Waals surface area contributed by atoms with Crippen molar-refractivity contribution in [3.63, 3.8) is 0 Å². The van der Waals surface area contributed by atoms with E-state index in [1.807, 2.05) is 54.6 Å². The molecule has 0 spiro atoms. The third kappa shape index (κ3) is 3.53. The van der Waals surface area contributed by atoms with Crippen molar-refractivity contribution in [3.8, 4) is 5.75 Å². The number of ether oxygens (including phenoxy) is 1. The average molecular weight is 381 g/mol. The molecule has 3 aromatic carbocycles. The van der Waals surface area contributed by atoms with Gasteiger partial charge in [-0.15, -0.1) is 0 Å². The predicted octanol–water partition coefficient (Wildman–Crippen LogP) is 5.84. The molecule has 0 fully saturated rings. The smallest absolute Gasteiger partial charge is 0.148 e. The van der Waals surface area contributed by atoms with Gasteiger partial charge in [-0.25, -0.2) is 4.39 Å². The molecule has 3 aromatic rings. The molecular weight excluding hydrogens is 363 g/mol. The summed E-state index contributed by atoms with van der Waals surface area (Å²) in [4.78, 5) is 0. The van der Waals surface area contributed by atoms with Crippen molar-refractivity contribution < 1.29 is 9.13 Å². The van der Waals surface area contributed by atoms with Gasteiger partial charge in [0.25, 0.3) is 0 Å². The number of hydrogen-bond donors (Lipinski definition) is 0. The van der Waals surface area contributed by atoms with Crippen molar-refractivity contribution in [2.75, 3.05) is 12.1 Å². The van der Waals surface area contributed by atoms with Crippen LogP contribution in [-0.2, 0) is 0 Å². The van der Waals surface area contributed by atoms with E-state index in [4.69, 9.17) is 21.4 Å². The van der Waals surface area contributed by atoms with Crippen LogP contribution in [0.2, 0.25) is 5.02 Å². The summed E-state index contributed by atoms with van der Waals surface area (Å²) in [5.41, 5.74) is 3.39. The number of para-hydroxylation sites is 1. The summed E-state index contributed by atoms with van der Waals surface area (Å²) in [5.74, 6) is 0.494. The molecule has 0 aliphatic carbocycles. The van der Waals surface area contributed by atoms with Crippen molar-refractivity contribution in [3.05, 3.63) is 94.8 Å². The molecule has 0 N–H and O–H groups in total. The second-order valence-electron chi connectivity index (χ2n) is 6.34. The number of halogens is 2. The van der Waals surface area contributed by atoms with Crippen molar-refractivity contribution in [1.29, 1.82) is 0 Å². The molecule has 0 amide bonds. The molecule has 1 atom stereocenters. The molecular formula is C22H18ClFN2O. The fourth-order valence-corrected chi connectivity index (χ4v) is 3.40. The van der Waals surface area contributed by atoms with Gasteiger partial charge in [-0.2, -0.15) is 5.10 Å². The minimum atomic E-state index is -0.295. The van der Waals surface area contributed by atoms with Crippen LogP contribution >= 0.6 is 11.6 Å². The molecule has 136 valence electrons. The monoisotopic (exact) mass is 380 g/mol. The van der Waals surface area contributed by atoms with E-state index in [0.29, 0.717) is 17.1 Å². The Labute approximate surface area is 162 Å². The molecule has 3 nitrogen and oxygen atoms in total. The number of nitrogens with zero attached hydrogens (tertiary/aromatic N) is 2. The van der Waals surface area contributed by atoms with Crippen molar-refractivity contribution in [2.45, 2.75) is 12.5 Å². The zero-order chi connectivity index (χ0) is 18.8. The molecule has 0 bridgehead atoms. The second-order valence-corrected chi connectivity index (χ2v) is 6.78. The van der Waals surface area contributed by atoms with Gasteiger partial charge in [-0.3, -0.25) is 5.01 Å². The van der Waals surface area contributed by atoms with E-state index in [-0.39, 0.29) is 11.9 Å². The largest absolute Gasteiger partial charge is 0.497 e. The number of hydrogen-bond acceptors (Lipinski definition) is 3. The van der Waals surface area contributed by atoms with Crippen molar-refractivity contribution in [2.24, 2.45) is 5.10 Å². The van der Waals surface area contributed by atoms with Crippen LogP contribution in [0.4, 0.5) is 10.1 Å². The highest BCUT2D eigenvalue weighted by atomic mass is 35.5. The maximum atomic E-state index is 14.5. The maximum Gasteiger partial charge on any atom is 0.148 e. The molecule has 1 unspecified atom stereocenters. The van der Waals surface area contributed by atoms with Gasteiger partial charge in [0.1, 0.15) is 11.6 Å². The van der Waals surface area contributed by atoms with Crippen molar-refractivity contribution >= 4 is 23.0 Å². The van der Waals surface area contributed by atoms with E-state index >= 15 is 0 Å². The highest BCUT2D eigenvalue weighted by molar-refractivity contribution is 6.30. The highest BCUT2D eigenvalue weighted by Gasteiger charge is 2.31. The molecule has 1 aliphatic heterocycles. The molecule has 0 saturated heterocycles. The Balaban J connectivity index is 1.75. The van der Waals surface area contributed by atoms with Crippen molar-refractivity contribution in [1.82, 2.24) is 0 Å². The van der Waals surface area contributed by atoms with Gasteiger partial charge >= 0.3 is 0 Å². The number of rotatable bonds is 4. The summed E-state index contributed by atoms with van der Waals surface area (Å²) in [6, 6.07) is 22.0. The Bertz CT molecular complexity index is 970. The first-order chi connectivity index (χ1) is 13.2. The van der Waals surface area contributed by atoms with Crippen LogP contribution in [-0.4, -0.2) is 12.8 Å². The van der Waals surface area contributed by atoms with Gasteiger partial charge in [0.2, 0.25) is 0 Å². The molecule has 4 rings (SSSR count). The lowest BCUT2D eigenvalue weighted by Gasteiger charge is -2.24. The summed E-state index contributed by atoms with van der Waals surface area (Å²) in [6.07, 6.45) is 0.669. The number of anilines is 1. The van der Waals surface area contributed by atoms with E-state index in [9.17, 15) is 4.39 Å². The lowest BCUT2D eigenvalue weighted by atomic mass is 9.98. The first kappa shape index (κ1) is 17.6. The van der Waals surface area contributed by atoms with E-state index in [1.54, 1.807) is 24.3 Å². The van der Waals surface area contributed by atoms with Crippen LogP contribution in [0.1, 0.15) is 23.6 Å². The van der Waals surface area contributed by atoms with E-state index in [1.165, 1.54) is 6.07 Å². The summed E-state index contributed by atoms with van der Waals surface area (Å²) in [6.45, 7) is 0. The Hall–Kier alpha value is -2.85. The second kappa shape index (κ2) is 7.41. The lowest BCUT2D eigenvalue weighted by Crippen LogP contribution is -2.19. The molecule has 0 aromatic heterocycles. The van der Waals surface area contributed by atoms with E-state index in [2.05, 4.69) is 0 Å². The molecule has 0 saturated carbocycles. The highest BCUT2D eigenvalue weighted by Crippen LogP contribution is 2.38. The van der Waals surface area contributed by atoms with Crippen LogP contribution in [0.5, 0.6) is 5.75 Å². The predicted molar refractivity (Wildman–Crippen MR) is 107 cm³/mol. The Morgan fingerprint density at radius 3 is 2.37 bits per heavy atom. The van der Waals surface area contributed by atoms with Gasteiger partial charge in [0, 0.05) is 11.4 Å². The van der Waals surface area contributed by atoms with Gasteiger partial charge in [-0.05, 0) is 59.7 Å². The first-order valence-corrected chi connectivity index (χ1v) is 9.04. The van der Waals surface area contributed by atoms with Gasteiger partial charge in [-0.1, -0.05) is 35.9 Å². The van der Waals surface area contributed by atoms with Gasteiger partial charge in [0.05, 0.1) is 24.6 Å². The SMILES string of the molecule is COc1ccc(C2=NN(c3ccccc3F)C(c3ccc(Cl)cc3)C2)cc1. The quantitative estimate of drug-likeness (QED) is 0.567. The van der Waals surface area contributed by atoms with Crippen LogP contribution in [0.15, 0.2) is 77.9 Å². The minimum Gasteiger partial charge on any atom is -0.497 e. The number of hydrazone groups is 1. The van der Waals surface area contributed by atoms with Gasteiger partial charge < -0.3 is 4.74 Å². The first-order valence-electron chi connectivity index (χ1n) is 8.67. The molecule has 27 heavy (non-hydrogen) atoms. The third-order valence-corrected chi connectivity index (χ3v) is 4.94. The summed E-state index contributed by atoms with van der Waals surface area (Å²) in [7, 11) is 1.64. The maximum absolute atomic E-state index is 14.5. The normalized spacial score (nSPS) is 16.3. The Morgan fingerprint density at radius 2 is 1.70 bits per heavy atom. The topological polar surface area (TPSA) is 24.8 Å². The standard InChI is InChI=1S/C22H18ClFN2O/c1-27-18-12-8-15(9-13-18)20-14-22(16-6-10-17(23)11-7-16)26(25-20)21-5-3-2-4-19(21)24/h2-13,22H,14H2,1H3. The van der Waals surface area contributed by atoms with Crippen LogP contribution in [0.3, 0.4) is 0 Å². The van der Waals surface area contributed by atoms with Gasteiger partial charge in [0.15, 0.2) is 0 Å². The summed E-state index contributed by atoms with van der Waals surface area (Å²) in [5, 5.41) is 7.20. The third-order valence-electron chi connectivity index (χ3n) is 4.69. The van der Waals surface area contributed by atoms with Crippen LogP contribution < -0.4 is 9.75 Å². The fraction of sp³-hybridized carbons (Fsp3) is 0.136. The number of methoxy groups -OCH3 is 1. The zero-order valence-corrected chi connectivity index (χ0v) is 15.5. The van der Waals surface area contributed by atoms with E-state index in [0.717, 1.165) is 22.6 Å². The van der Waals surface area contributed by atoms with E-state index < -0.39 is 0 Å². The molecule has 1 heterocycles. The zero-order valence-electron chi connectivity index (χ0n) is 14.8. The molecule has 5 heteroatoms. The summed E-state index contributed by atoms with van der Waals surface area (Å²) >= 11 is 6.04. The Morgan fingerprint density at radius 1 is 1.00 bits per heavy atom. The summed E-state index contributed by atoms with van der Waals surface area (Å²) < 4.78 is 19.7. The fourth-order valence-electron chi connectivity index (χ4n) is 3.27. The average Bonchev–Trinajstić information content (AvgIpc) is 3.14.